The normalized spacial score (nSPS) is 11.2. The van der Waals surface area contributed by atoms with E-state index in [9.17, 15) is 27.2 Å². The zero-order valence-corrected chi connectivity index (χ0v) is 17.4. The molecule has 0 saturated carbocycles. The smallest absolute Gasteiger partial charge is 0.422 e. The number of hydrogen-bond acceptors (Lipinski definition) is 5. The highest BCUT2D eigenvalue weighted by Crippen LogP contribution is 2.30. The lowest BCUT2D eigenvalue weighted by molar-refractivity contribution is -0.154. The van der Waals surface area contributed by atoms with Gasteiger partial charge >= 0.3 is 6.18 Å². The summed E-state index contributed by atoms with van der Waals surface area (Å²) >= 11 is 0. The highest BCUT2D eigenvalue weighted by Gasteiger charge is 2.29. The first-order valence-electron chi connectivity index (χ1n) is 9.78. The number of rotatable bonds is 8. The number of amides is 1. The molecule has 2 heterocycles. The Balaban J connectivity index is 1.80. The van der Waals surface area contributed by atoms with Gasteiger partial charge in [-0.2, -0.15) is 13.2 Å². The van der Waals surface area contributed by atoms with E-state index in [0.29, 0.717) is 16.8 Å². The number of carbonyl (C=O) groups is 2. The molecule has 1 aromatic carbocycles. The molecule has 3 rings (SSSR count). The molecule has 10 heteroatoms. The van der Waals surface area contributed by atoms with Crippen LogP contribution in [0.4, 0.5) is 17.6 Å². The van der Waals surface area contributed by atoms with Crippen LogP contribution in [0.25, 0.3) is 11.1 Å². The molecule has 0 radical (unpaired) electrons. The summed E-state index contributed by atoms with van der Waals surface area (Å²) in [5.74, 6) is -1.42. The fourth-order valence-electron chi connectivity index (χ4n) is 2.98. The van der Waals surface area contributed by atoms with E-state index in [-0.39, 0.29) is 35.8 Å². The minimum atomic E-state index is -4.57. The molecule has 6 nitrogen and oxygen atoms in total. The number of ether oxygens (including phenoxy) is 1. The second-order valence-corrected chi connectivity index (χ2v) is 7.21. The molecule has 0 bridgehead atoms. The molecule has 0 spiro atoms. The van der Waals surface area contributed by atoms with E-state index in [4.69, 9.17) is 4.74 Å². The Labute approximate surface area is 186 Å². The van der Waals surface area contributed by atoms with Crippen LogP contribution in [0.5, 0.6) is 5.88 Å². The van der Waals surface area contributed by atoms with E-state index in [0.717, 1.165) is 6.07 Å². The standard InChI is InChI=1S/C23H19F4N3O3/c1-14(31)7-19-10-17(5-6-28-19)21(32)29-11-15-8-20(16-3-2-4-18(24)9-16)22(30-12-15)33-13-23(25,26)27/h2-6,8-10,12H,7,11,13H2,1H3,(H,29,32). The van der Waals surface area contributed by atoms with E-state index < -0.39 is 24.5 Å². The van der Waals surface area contributed by atoms with Gasteiger partial charge in [0.2, 0.25) is 5.88 Å². The largest absolute Gasteiger partial charge is 0.468 e. The molecular formula is C23H19F4N3O3. The van der Waals surface area contributed by atoms with Crippen molar-refractivity contribution in [3.63, 3.8) is 0 Å². The molecule has 0 aliphatic heterocycles. The fraction of sp³-hybridized carbons (Fsp3) is 0.217. The topological polar surface area (TPSA) is 81.2 Å². The Morgan fingerprint density at radius 3 is 2.58 bits per heavy atom. The minimum absolute atomic E-state index is 0.00192. The number of nitrogens with one attached hydrogen (secondary N) is 1. The van der Waals surface area contributed by atoms with Gasteiger partial charge in [0.25, 0.3) is 5.91 Å². The first-order chi connectivity index (χ1) is 15.6. The lowest BCUT2D eigenvalue weighted by Gasteiger charge is -2.14. The van der Waals surface area contributed by atoms with Crippen LogP contribution >= 0.6 is 0 Å². The van der Waals surface area contributed by atoms with Crippen LogP contribution in [0.1, 0.15) is 28.5 Å². The Bertz CT molecular complexity index is 1170. The maximum Gasteiger partial charge on any atom is 0.422 e. The van der Waals surface area contributed by atoms with Gasteiger partial charge in [-0.15, -0.1) is 0 Å². The van der Waals surface area contributed by atoms with Crippen molar-refractivity contribution in [2.24, 2.45) is 0 Å². The SMILES string of the molecule is CC(=O)Cc1cc(C(=O)NCc2cnc(OCC(F)(F)F)c(-c3cccc(F)c3)c2)ccn1. The van der Waals surface area contributed by atoms with Gasteiger partial charge in [-0.05, 0) is 48.4 Å². The van der Waals surface area contributed by atoms with Gasteiger partial charge in [0.05, 0.1) is 0 Å². The molecule has 1 N–H and O–H groups in total. The third-order valence-electron chi connectivity index (χ3n) is 4.38. The van der Waals surface area contributed by atoms with Crippen LogP contribution in [0, 0.1) is 5.82 Å². The minimum Gasteiger partial charge on any atom is -0.468 e. The van der Waals surface area contributed by atoms with Crippen molar-refractivity contribution in [2.45, 2.75) is 26.1 Å². The number of benzene rings is 1. The van der Waals surface area contributed by atoms with Gasteiger partial charge in [-0.25, -0.2) is 9.37 Å². The Hall–Kier alpha value is -3.82. The summed E-state index contributed by atoms with van der Waals surface area (Å²) < 4.78 is 56.3. The first kappa shape index (κ1) is 23.8. The zero-order valence-electron chi connectivity index (χ0n) is 17.4. The molecule has 33 heavy (non-hydrogen) atoms. The fourth-order valence-corrected chi connectivity index (χ4v) is 2.98. The van der Waals surface area contributed by atoms with Gasteiger partial charge in [0.1, 0.15) is 11.6 Å². The quantitative estimate of drug-likeness (QED) is 0.507. The van der Waals surface area contributed by atoms with E-state index in [1.807, 2.05) is 0 Å². The van der Waals surface area contributed by atoms with Crippen LogP contribution in [0.15, 0.2) is 54.9 Å². The van der Waals surface area contributed by atoms with Crippen molar-refractivity contribution in [1.82, 2.24) is 15.3 Å². The van der Waals surface area contributed by atoms with Crippen LogP contribution in [0.3, 0.4) is 0 Å². The predicted octanol–water partition coefficient (Wildman–Crippen LogP) is 4.29. The number of alkyl halides is 3. The molecule has 1 amide bonds. The summed E-state index contributed by atoms with van der Waals surface area (Å²) in [6.45, 7) is -0.138. The number of pyridine rings is 2. The summed E-state index contributed by atoms with van der Waals surface area (Å²) in [5.41, 5.74) is 1.63. The van der Waals surface area contributed by atoms with Crippen molar-refractivity contribution < 1.29 is 31.9 Å². The van der Waals surface area contributed by atoms with E-state index in [2.05, 4.69) is 15.3 Å². The lowest BCUT2D eigenvalue weighted by atomic mass is 10.0. The average Bonchev–Trinajstić information content (AvgIpc) is 2.75. The monoisotopic (exact) mass is 461 g/mol. The van der Waals surface area contributed by atoms with Gasteiger partial charge in [-0.3, -0.25) is 14.6 Å². The van der Waals surface area contributed by atoms with Crippen LogP contribution in [-0.2, 0) is 17.8 Å². The number of aromatic nitrogens is 2. The summed E-state index contributed by atoms with van der Waals surface area (Å²) in [5, 5.41) is 2.68. The van der Waals surface area contributed by atoms with E-state index in [1.165, 1.54) is 55.7 Å². The number of halogens is 4. The molecule has 172 valence electrons. The molecule has 0 fully saturated rings. The van der Waals surface area contributed by atoms with Crippen LogP contribution in [-0.4, -0.2) is 34.4 Å². The second-order valence-electron chi connectivity index (χ2n) is 7.21. The number of ketones is 1. The molecule has 0 unspecified atom stereocenters. The average molecular weight is 461 g/mol. The zero-order chi connectivity index (χ0) is 24.0. The highest BCUT2D eigenvalue weighted by atomic mass is 19.4. The van der Waals surface area contributed by atoms with E-state index >= 15 is 0 Å². The summed E-state index contributed by atoms with van der Waals surface area (Å²) in [6, 6.07) is 9.73. The molecule has 3 aromatic rings. The summed E-state index contributed by atoms with van der Waals surface area (Å²) in [6.07, 6.45) is -1.78. The highest BCUT2D eigenvalue weighted by molar-refractivity contribution is 5.94. The molecule has 0 atom stereocenters. The van der Waals surface area contributed by atoms with Crippen LogP contribution in [0.2, 0.25) is 0 Å². The van der Waals surface area contributed by atoms with Crippen molar-refractivity contribution in [3.8, 4) is 17.0 Å². The van der Waals surface area contributed by atoms with Gasteiger partial charge < -0.3 is 10.1 Å². The molecule has 0 aliphatic carbocycles. The summed E-state index contributed by atoms with van der Waals surface area (Å²) in [7, 11) is 0. The van der Waals surface area contributed by atoms with Crippen molar-refractivity contribution in [1.29, 1.82) is 0 Å². The Kier molecular flexibility index (Phi) is 7.37. The Morgan fingerprint density at radius 1 is 1.09 bits per heavy atom. The third kappa shape index (κ3) is 7.09. The molecular weight excluding hydrogens is 442 g/mol. The van der Waals surface area contributed by atoms with Crippen LogP contribution < -0.4 is 10.1 Å². The molecule has 0 aliphatic rings. The van der Waals surface area contributed by atoms with Gasteiger partial charge in [0, 0.05) is 42.2 Å². The number of carbonyl (C=O) groups excluding carboxylic acids is 2. The van der Waals surface area contributed by atoms with Gasteiger partial charge in [-0.1, -0.05) is 12.1 Å². The van der Waals surface area contributed by atoms with E-state index in [1.54, 1.807) is 0 Å². The molecule has 2 aromatic heterocycles. The number of Topliss-reactive ketones (excluding diaryl/α,β-unsaturated/α-hetero) is 1. The summed E-state index contributed by atoms with van der Waals surface area (Å²) in [4.78, 5) is 31.7. The van der Waals surface area contributed by atoms with Crippen molar-refractivity contribution in [3.05, 3.63) is 77.5 Å². The predicted molar refractivity (Wildman–Crippen MR) is 111 cm³/mol. The third-order valence-corrected chi connectivity index (χ3v) is 4.38. The van der Waals surface area contributed by atoms with Gasteiger partial charge in [0.15, 0.2) is 6.61 Å². The Morgan fingerprint density at radius 2 is 1.88 bits per heavy atom. The number of nitrogens with zero attached hydrogens (tertiary/aromatic N) is 2. The molecule has 0 saturated heterocycles. The van der Waals surface area contributed by atoms with Crippen molar-refractivity contribution in [2.75, 3.05) is 6.61 Å². The van der Waals surface area contributed by atoms with Crippen molar-refractivity contribution >= 4 is 11.7 Å². The maximum atomic E-state index is 13.7. The number of hydrogen-bond donors (Lipinski definition) is 1. The first-order valence-corrected chi connectivity index (χ1v) is 9.78. The maximum absolute atomic E-state index is 13.7. The lowest BCUT2D eigenvalue weighted by Crippen LogP contribution is -2.23. The second kappa shape index (κ2) is 10.2.